The first-order valence-electron chi connectivity index (χ1n) is 6.77. The van der Waals surface area contributed by atoms with Crippen LogP contribution in [0.25, 0.3) is 0 Å². The van der Waals surface area contributed by atoms with Gasteiger partial charge >= 0.3 is 0 Å². The van der Waals surface area contributed by atoms with Crippen LogP contribution in [0.1, 0.15) is 58.3 Å². The van der Waals surface area contributed by atoms with Crippen LogP contribution in [0.4, 0.5) is 0 Å². The summed E-state index contributed by atoms with van der Waals surface area (Å²) in [7, 11) is 0. The molecule has 0 aliphatic heterocycles. The van der Waals surface area contributed by atoms with Gasteiger partial charge in [0.25, 0.3) is 0 Å². The first-order chi connectivity index (χ1) is 7.74. The highest BCUT2D eigenvalue weighted by atomic mass is 16.1. The molecule has 1 saturated carbocycles. The molecule has 0 aromatic carbocycles. The topological polar surface area (TPSA) is 55.1 Å². The zero-order valence-corrected chi connectivity index (χ0v) is 10.5. The Morgan fingerprint density at radius 2 is 1.94 bits per heavy atom. The van der Waals surface area contributed by atoms with Crippen molar-refractivity contribution in [2.24, 2.45) is 11.7 Å². The molecule has 0 aromatic rings. The molecule has 16 heavy (non-hydrogen) atoms. The van der Waals surface area contributed by atoms with Gasteiger partial charge in [-0.2, -0.15) is 0 Å². The van der Waals surface area contributed by atoms with Crippen LogP contribution in [0.2, 0.25) is 0 Å². The molecule has 1 atom stereocenters. The summed E-state index contributed by atoms with van der Waals surface area (Å²) in [6.45, 7) is 2.76. The Hall–Kier alpha value is -0.570. The van der Waals surface area contributed by atoms with Gasteiger partial charge in [0.15, 0.2) is 0 Å². The molecule has 3 heteroatoms. The van der Waals surface area contributed by atoms with E-state index < -0.39 is 0 Å². The van der Waals surface area contributed by atoms with Crippen molar-refractivity contribution in [3.8, 4) is 0 Å². The Morgan fingerprint density at radius 1 is 1.31 bits per heavy atom. The lowest BCUT2D eigenvalue weighted by molar-refractivity contribution is -0.125. The first kappa shape index (κ1) is 13.5. The van der Waals surface area contributed by atoms with Gasteiger partial charge in [0.05, 0.1) is 0 Å². The van der Waals surface area contributed by atoms with Crippen molar-refractivity contribution < 1.29 is 4.79 Å². The molecule has 0 saturated heterocycles. The van der Waals surface area contributed by atoms with E-state index in [1.54, 1.807) is 0 Å². The van der Waals surface area contributed by atoms with Gasteiger partial charge in [0.1, 0.15) is 0 Å². The van der Waals surface area contributed by atoms with Crippen LogP contribution in [-0.4, -0.2) is 18.5 Å². The second-order valence-corrected chi connectivity index (χ2v) is 4.98. The molecule has 1 fully saturated rings. The van der Waals surface area contributed by atoms with E-state index in [0.29, 0.717) is 6.54 Å². The highest BCUT2D eigenvalue weighted by Crippen LogP contribution is 2.22. The highest BCUT2D eigenvalue weighted by molar-refractivity contribution is 5.78. The Bertz CT molecular complexity index is 198. The third-order valence-corrected chi connectivity index (χ3v) is 3.42. The summed E-state index contributed by atoms with van der Waals surface area (Å²) in [6, 6.07) is 0.125. The maximum atomic E-state index is 11.9. The van der Waals surface area contributed by atoms with E-state index in [9.17, 15) is 4.79 Å². The van der Waals surface area contributed by atoms with Crippen LogP contribution in [0.15, 0.2) is 0 Å². The first-order valence-corrected chi connectivity index (χ1v) is 6.77. The number of nitrogens with two attached hydrogens (primary N) is 1. The summed E-state index contributed by atoms with van der Waals surface area (Å²) < 4.78 is 0. The normalized spacial score (nSPS) is 20.1. The van der Waals surface area contributed by atoms with E-state index >= 15 is 0 Å². The maximum absolute atomic E-state index is 11.9. The largest absolute Gasteiger partial charge is 0.354 e. The Kier molecular flexibility index (Phi) is 6.46. The monoisotopic (exact) mass is 226 g/mol. The smallest absolute Gasteiger partial charge is 0.223 e. The Labute approximate surface area is 99.2 Å². The predicted octanol–water partition coefficient (Wildman–Crippen LogP) is 2.20. The fourth-order valence-corrected chi connectivity index (χ4v) is 2.39. The summed E-state index contributed by atoms with van der Waals surface area (Å²) in [4.78, 5) is 11.9. The lowest BCUT2D eigenvalue weighted by atomic mass is 9.99. The third kappa shape index (κ3) is 4.97. The molecule has 3 N–H and O–H groups in total. The molecular weight excluding hydrogens is 200 g/mol. The van der Waals surface area contributed by atoms with Gasteiger partial charge < -0.3 is 11.1 Å². The standard InChI is InChI=1S/C13H26N2O/c1-2-7-12(14)10-15-13(16)11-8-5-3-4-6-9-11/h11-12H,2-10,14H2,1H3,(H,15,16). The molecule has 1 aliphatic carbocycles. The molecule has 1 unspecified atom stereocenters. The SMILES string of the molecule is CCCC(N)CNC(=O)C1CCCCCC1. The predicted molar refractivity (Wildman–Crippen MR) is 67.1 cm³/mol. The summed E-state index contributed by atoms with van der Waals surface area (Å²) in [5.41, 5.74) is 5.88. The number of carbonyl (C=O) groups excluding carboxylic acids is 1. The molecule has 0 aromatic heterocycles. The summed E-state index contributed by atoms with van der Waals surface area (Å²) in [6.07, 6.45) is 9.20. The zero-order valence-electron chi connectivity index (χ0n) is 10.5. The lowest BCUT2D eigenvalue weighted by Crippen LogP contribution is -2.39. The Balaban J connectivity index is 2.22. The van der Waals surface area contributed by atoms with Crippen LogP contribution >= 0.6 is 0 Å². The van der Waals surface area contributed by atoms with E-state index in [-0.39, 0.29) is 17.9 Å². The number of hydrogen-bond acceptors (Lipinski definition) is 2. The molecule has 1 aliphatic rings. The lowest BCUT2D eigenvalue weighted by Gasteiger charge is -2.16. The molecular formula is C13H26N2O. The summed E-state index contributed by atoms with van der Waals surface area (Å²) in [5.74, 6) is 0.477. The van der Waals surface area contributed by atoms with Crippen molar-refractivity contribution in [3.05, 3.63) is 0 Å². The number of hydrogen-bond donors (Lipinski definition) is 2. The van der Waals surface area contributed by atoms with Crippen molar-refractivity contribution in [2.45, 2.75) is 64.3 Å². The van der Waals surface area contributed by atoms with E-state index in [1.807, 2.05) is 0 Å². The van der Waals surface area contributed by atoms with Gasteiger partial charge in [-0.25, -0.2) is 0 Å². The van der Waals surface area contributed by atoms with Crippen molar-refractivity contribution in [1.29, 1.82) is 0 Å². The minimum Gasteiger partial charge on any atom is -0.354 e. The van der Waals surface area contributed by atoms with Crippen LogP contribution in [0.5, 0.6) is 0 Å². The van der Waals surface area contributed by atoms with Crippen molar-refractivity contribution in [1.82, 2.24) is 5.32 Å². The number of nitrogens with one attached hydrogen (secondary N) is 1. The van der Waals surface area contributed by atoms with Gasteiger partial charge in [-0.1, -0.05) is 39.0 Å². The van der Waals surface area contributed by atoms with Gasteiger partial charge in [0.2, 0.25) is 5.91 Å². The van der Waals surface area contributed by atoms with Gasteiger partial charge in [-0.3, -0.25) is 4.79 Å². The summed E-state index contributed by atoms with van der Waals surface area (Å²) >= 11 is 0. The van der Waals surface area contributed by atoms with Gasteiger partial charge in [0, 0.05) is 18.5 Å². The highest BCUT2D eigenvalue weighted by Gasteiger charge is 2.19. The van der Waals surface area contributed by atoms with E-state index in [1.165, 1.54) is 25.7 Å². The molecule has 0 spiro atoms. The average molecular weight is 226 g/mol. The molecule has 3 nitrogen and oxygen atoms in total. The second kappa shape index (κ2) is 7.66. The number of carbonyl (C=O) groups is 1. The van der Waals surface area contributed by atoms with Gasteiger partial charge in [-0.15, -0.1) is 0 Å². The molecule has 94 valence electrons. The Morgan fingerprint density at radius 3 is 2.50 bits per heavy atom. The van der Waals surface area contributed by atoms with Crippen molar-refractivity contribution in [2.75, 3.05) is 6.54 Å². The fourth-order valence-electron chi connectivity index (χ4n) is 2.39. The van der Waals surface area contributed by atoms with E-state index in [2.05, 4.69) is 12.2 Å². The van der Waals surface area contributed by atoms with Crippen LogP contribution in [0, 0.1) is 5.92 Å². The van der Waals surface area contributed by atoms with Crippen LogP contribution in [-0.2, 0) is 4.79 Å². The molecule has 0 heterocycles. The molecule has 0 radical (unpaired) electrons. The van der Waals surface area contributed by atoms with Crippen molar-refractivity contribution in [3.63, 3.8) is 0 Å². The molecule has 1 amide bonds. The third-order valence-electron chi connectivity index (χ3n) is 3.42. The van der Waals surface area contributed by atoms with Crippen LogP contribution in [0.3, 0.4) is 0 Å². The fraction of sp³-hybridized carbons (Fsp3) is 0.923. The minimum atomic E-state index is 0.125. The van der Waals surface area contributed by atoms with Gasteiger partial charge in [-0.05, 0) is 19.3 Å². The average Bonchev–Trinajstić information content (AvgIpc) is 2.55. The van der Waals surface area contributed by atoms with E-state index in [0.717, 1.165) is 25.7 Å². The number of amides is 1. The van der Waals surface area contributed by atoms with Crippen molar-refractivity contribution >= 4 is 5.91 Å². The molecule has 0 bridgehead atoms. The minimum absolute atomic E-state index is 0.125. The number of rotatable bonds is 5. The quantitative estimate of drug-likeness (QED) is 0.706. The summed E-state index contributed by atoms with van der Waals surface area (Å²) in [5, 5.41) is 3.00. The molecule has 1 rings (SSSR count). The van der Waals surface area contributed by atoms with E-state index in [4.69, 9.17) is 5.73 Å². The maximum Gasteiger partial charge on any atom is 0.223 e. The van der Waals surface area contributed by atoms with Crippen LogP contribution < -0.4 is 11.1 Å². The zero-order chi connectivity index (χ0) is 11.8. The second-order valence-electron chi connectivity index (χ2n) is 4.98.